The van der Waals surface area contributed by atoms with Crippen molar-refractivity contribution in [3.8, 4) is 0 Å². The summed E-state index contributed by atoms with van der Waals surface area (Å²) >= 11 is 0. The van der Waals surface area contributed by atoms with Crippen LogP contribution in [0.4, 0.5) is 0 Å². The van der Waals surface area contributed by atoms with Gasteiger partial charge in [0.25, 0.3) is 0 Å². The van der Waals surface area contributed by atoms with Gasteiger partial charge >= 0.3 is 0 Å². The minimum absolute atomic E-state index is 0.833. The van der Waals surface area contributed by atoms with Gasteiger partial charge in [0.1, 0.15) is 0 Å². The molecule has 4 rings (SSSR count). The van der Waals surface area contributed by atoms with Crippen molar-refractivity contribution >= 4 is 0 Å². The van der Waals surface area contributed by atoms with Crippen molar-refractivity contribution < 1.29 is 0 Å². The first-order valence-corrected chi connectivity index (χ1v) is 31.5. The molecule has 16 unspecified atom stereocenters. The fourth-order valence-corrected chi connectivity index (χ4v) is 14.8. The van der Waals surface area contributed by atoms with Gasteiger partial charge in [-0.3, -0.25) is 0 Å². The first-order valence-electron chi connectivity index (χ1n) is 31.5. The molecule has 0 heterocycles. The molecule has 0 aromatic rings. The van der Waals surface area contributed by atoms with E-state index in [2.05, 4.69) is 145 Å². The standard InChI is InChI=1S/C46H86.C14H30.C4H10.C3H8/c1-11-38-19-20-41(29-38)34(7)15-12-13-16-39(25-31(2)3)26-33(6)27-42-17-14-18-43(28-35(8)36(42)9)37(10)45-23-22-44-30-40(32(4)5)21-24-46(44)45;1-11(2)10-13(5)8-7-9-14(6)12(3)4;1-4(2)3;1-3-2/h31-46H,11-30H2,1-10H3;11-14H,7-10H2,1-6H3;4H,1-3H3;3H2,1-2H3. The molecule has 0 nitrogen and oxygen atoms in total. The number of fused-ring (bicyclic) bond motifs is 1. The Morgan fingerprint density at radius 3 is 1.69 bits per heavy atom. The van der Waals surface area contributed by atoms with Gasteiger partial charge in [0.15, 0.2) is 0 Å². The van der Waals surface area contributed by atoms with E-state index in [1.165, 1.54) is 135 Å². The topological polar surface area (TPSA) is 0 Å². The summed E-state index contributed by atoms with van der Waals surface area (Å²) < 4.78 is 0. The van der Waals surface area contributed by atoms with Crippen LogP contribution in [0.15, 0.2) is 0 Å². The molecule has 0 bridgehead atoms. The quantitative estimate of drug-likeness (QED) is 0.0896. The summed E-state index contributed by atoms with van der Waals surface area (Å²) in [5.74, 6) is 19.9. The van der Waals surface area contributed by atoms with E-state index in [0.717, 1.165) is 124 Å². The maximum atomic E-state index is 2.72. The van der Waals surface area contributed by atoms with Gasteiger partial charge in [-0.05, 0) is 201 Å². The molecule has 16 atom stereocenters. The Labute approximate surface area is 428 Å². The minimum atomic E-state index is 0.833. The smallest absolute Gasteiger partial charge is 0.0355 e. The lowest BCUT2D eigenvalue weighted by molar-refractivity contribution is 0.0778. The highest BCUT2D eigenvalue weighted by atomic mass is 14.5. The Balaban J connectivity index is 0.000000890. The highest BCUT2D eigenvalue weighted by molar-refractivity contribution is 4.94. The zero-order chi connectivity index (χ0) is 50.8. The molecule has 0 N–H and O–H groups in total. The van der Waals surface area contributed by atoms with Crippen molar-refractivity contribution in [1.82, 2.24) is 0 Å². The van der Waals surface area contributed by atoms with E-state index in [1.807, 2.05) is 0 Å². The summed E-state index contributed by atoms with van der Waals surface area (Å²) in [7, 11) is 0. The molecule has 0 aromatic heterocycles. The summed E-state index contributed by atoms with van der Waals surface area (Å²) in [5, 5.41) is 0. The van der Waals surface area contributed by atoms with E-state index in [4.69, 9.17) is 0 Å². The Kier molecular flexibility index (Phi) is 34.9. The number of hydrogen-bond donors (Lipinski definition) is 0. The van der Waals surface area contributed by atoms with Gasteiger partial charge in [0.05, 0.1) is 0 Å². The third kappa shape index (κ3) is 27.0. The lowest BCUT2D eigenvalue weighted by Crippen LogP contribution is -2.33. The van der Waals surface area contributed by atoms with Crippen molar-refractivity contribution in [3.05, 3.63) is 0 Å². The van der Waals surface area contributed by atoms with Gasteiger partial charge in [-0.1, -0.05) is 229 Å². The predicted octanol–water partition coefficient (Wildman–Crippen LogP) is 23.1. The zero-order valence-corrected chi connectivity index (χ0v) is 50.8. The van der Waals surface area contributed by atoms with Crippen LogP contribution in [-0.4, -0.2) is 0 Å². The van der Waals surface area contributed by atoms with Crippen molar-refractivity contribution in [1.29, 1.82) is 0 Å². The van der Waals surface area contributed by atoms with Crippen LogP contribution in [0.3, 0.4) is 0 Å². The molecule has 0 heteroatoms. The summed E-state index contributed by atoms with van der Waals surface area (Å²) in [4.78, 5) is 0. The Bertz CT molecular complexity index is 1120. The summed E-state index contributed by atoms with van der Waals surface area (Å²) in [5.41, 5.74) is 0. The Hall–Kier alpha value is 0. The highest BCUT2D eigenvalue weighted by Gasteiger charge is 2.44. The third-order valence-corrected chi connectivity index (χ3v) is 19.4. The van der Waals surface area contributed by atoms with E-state index in [9.17, 15) is 0 Å². The molecular weight excluding hydrogens is 805 g/mol. The first kappa shape index (κ1) is 65.0. The van der Waals surface area contributed by atoms with E-state index < -0.39 is 0 Å². The normalized spacial score (nSPS) is 30.5. The fraction of sp³-hybridized carbons (Fsp3) is 1.00. The van der Waals surface area contributed by atoms with Gasteiger partial charge in [0, 0.05) is 0 Å². The van der Waals surface area contributed by atoms with Gasteiger partial charge in [0.2, 0.25) is 0 Å². The Morgan fingerprint density at radius 1 is 0.507 bits per heavy atom. The van der Waals surface area contributed by atoms with Crippen LogP contribution in [0, 0.1) is 124 Å². The summed E-state index contributed by atoms with van der Waals surface area (Å²) in [6.07, 6.45) is 37.1. The summed E-state index contributed by atoms with van der Waals surface area (Å²) in [6.45, 7) is 50.5. The molecule has 0 saturated heterocycles. The molecule has 0 aliphatic heterocycles. The Morgan fingerprint density at radius 2 is 1.12 bits per heavy atom. The molecular formula is C67H134. The molecule has 4 aliphatic rings. The number of unbranched alkanes of at least 4 members (excludes halogenated alkanes) is 1. The zero-order valence-electron chi connectivity index (χ0n) is 50.8. The largest absolute Gasteiger partial charge is 0.0656 e. The lowest BCUT2D eigenvalue weighted by atomic mass is 9.63. The summed E-state index contributed by atoms with van der Waals surface area (Å²) in [6, 6.07) is 0. The molecule has 0 amide bonds. The predicted molar refractivity (Wildman–Crippen MR) is 308 cm³/mol. The van der Waals surface area contributed by atoms with Crippen molar-refractivity contribution in [2.45, 2.75) is 306 Å². The van der Waals surface area contributed by atoms with E-state index in [0.29, 0.717) is 0 Å². The second kappa shape index (κ2) is 36.0. The van der Waals surface area contributed by atoms with Crippen LogP contribution in [0.5, 0.6) is 0 Å². The lowest BCUT2D eigenvalue weighted by Gasteiger charge is -2.42. The molecule has 4 saturated carbocycles. The van der Waals surface area contributed by atoms with Crippen LogP contribution >= 0.6 is 0 Å². The van der Waals surface area contributed by atoms with E-state index in [-0.39, 0.29) is 0 Å². The average molecular weight is 940 g/mol. The molecule has 0 radical (unpaired) electrons. The van der Waals surface area contributed by atoms with Crippen LogP contribution in [0.1, 0.15) is 306 Å². The third-order valence-electron chi connectivity index (χ3n) is 19.4. The number of rotatable bonds is 23. The fourth-order valence-electron chi connectivity index (χ4n) is 14.8. The second-order valence-electron chi connectivity index (χ2n) is 28.4. The first-order chi connectivity index (χ1) is 31.5. The van der Waals surface area contributed by atoms with Crippen LogP contribution in [-0.2, 0) is 0 Å². The van der Waals surface area contributed by atoms with E-state index >= 15 is 0 Å². The van der Waals surface area contributed by atoms with Crippen LogP contribution in [0.2, 0.25) is 0 Å². The van der Waals surface area contributed by atoms with Gasteiger partial charge < -0.3 is 0 Å². The van der Waals surface area contributed by atoms with Crippen molar-refractivity contribution in [3.63, 3.8) is 0 Å². The number of hydrogen-bond acceptors (Lipinski definition) is 0. The van der Waals surface area contributed by atoms with E-state index in [1.54, 1.807) is 25.7 Å². The second-order valence-corrected chi connectivity index (χ2v) is 28.4. The van der Waals surface area contributed by atoms with Crippen LogP contribution < -0.4 is 0 Å². The molecule has 67 heavy (non-hydrogen) atoms. The maximum absolute atomic E-state index is 2.72. The molecule has 0 spiro atoms. The van der Waals surface area contributed by atoms with Gasteiger partial charge in [-0.15, -0.1) is 0 Å². The van der Waals surface area contributed by atoms with Gasteiger partial charge in [-0.2, -0.15) is 0 Å². The van der Waals surface area contributed by atoms with Crippen molar-refractivity contribution in [2.24, 2.45) is 124 Å². The van der Waals surface area contributed by atoms with Crippen molar-refractivity contribution in [2.75, 3.05) is 0 Å². The average Bonchev–Trinajstić information content (AvgIpc) is 3.91. The molecule has 4 fully saturated rings. The maximum Gasteiger partial charge on any atom is -0.0355 e. The minimum Gasteiger partial charge on any atom is -0.0656 e. The monoisotopic (exact) mass is 939 g/mol. The highest BCUT2D eigenvalue weighted by Crippen LogP contribution is 2.54. The molecule has 4 aliphatic carbocycles. The molecule has 0 aromatic carbocycles. The van der Waals surface area contributed by atoms with Crippen LogP contribution in [0.25, 0.3) is 0 Å². The molecule has 402 valence electrons. The SMILES string of the molecule is CC(C)C.CC(C)CC(C)CCCC(C)C(C)C.CCC.CCC1CCC(C(C)CCCCC(CC(C)C)CC(C)CC2CCCC(C(C)C3CCC4CC(C(C)C)CCC43)CC(C)C2C)C1. The van der Waals surface area contributed by atoms with Gasteiger partial charge in [-0.25, -0.2) is 0 Å².